The summed E-state index contributed by atoms with van der Waals surface area (Å²) in [6, 6.07) is 16.3. The molecule has 1 N–H and O–H groups in total. The fourth-order valence-corrected chi connectivity index (χ4v) is 5.95. The molecule has 1 aromatic heterocycles. The van der Waals surface area contributed by atoms with Crippen molar-refractivity contribution in [3.05, 3.63) is 81.4 Å². The van der Waals surface area contributed by atoms with Gasteiger partial charge in [-0.25, -0.2) is 4.79 Å². The van der Waals surface area contributed by atoms with Crippen LogP contribution in [0.3, 0.4) is 0 Å². The number of aliphatic hydroxyl groups is 1. The highest BCUT2D eigenvalue weighted by molar-refractivity contribution is 6.17. The van der Waals surface area contributed by atoms with Crippen LogP contribution in [0.25, 0.3) is 21.8 Å². The van der Waals surface area contributed by atoms with Crippen molar-refractivity contribution < 1.29 is 29.1 Å². The SMILES string of the molecule is CCn1c2ccc(C(=NOC(=O)N3CCCC(CO)C3)c3ccc(OC(C)COC)cc3C)cc2c2cc([N+](=O)[O-])ccc21. The molecule has 0 radical (unpaired) electrons. The number of oxime groups is 1. The number of aromatic nitrogens is 1. The number of hydrogen-bond donors (Lipinski definition) is 1. The van der Waals surface area contributed by atoms with E-state index in [-0.39, 0.29) is 24.3 Å². The number of hydrogen-bond acceptors (Lipinski definition) is 8. The highest BCUT2D eigenvalue weighted by Gasteiger charge is 2.25. The van der Waals surface area contributed by atoms with Crippen LogP contribution >= 0.6 is 0 Å². The molecule has 2 heterocycles. The maximum atomic E-state index is 13.1. The number of aliphatic hydroxyl groups excluding tert-OH is 1. The first-order valence-corrected chi connectivity index (χ1v) is 14.9. The standard InChI is InChI=1S/C33H38N4O7/c1-5-36-30-12-8-24(16-28(30)29-17-25(37(40)41)9-13-31(29)36)32(34-44-33(39)35-14-6-7-23(18-35)19-38)27-11-10-26(15-21(27)2)43-22(3)20-42-4/h8-13,15-17,22-23,38H,5-7,14,18-20H2,1-4H3. The van der Waals surface area contributed by atoms with Crippen LogP contribution in [-0.2, 0) is 16.1 Å². The zero-order chi connectivity index (χ0) is 31.4. The average Bonchev–Trinajstić information content (AvgIpc) is 3.34. The molecule has 4 aromatic rings. The Morgan fingerprint density at radius 1 is 1.14 bits per heavy atom. The number of aryl methyl sites for hydroxylation is 2. The Morgan fingerprint density at radius 2 is 1.89 bits per heavy atom. The first-order chi connectivity index (χ1) is 21.2. The van der Waals surface area contributed by atoms with Crippen molar-refractivity contribution >= 4 is 39.3 Å². The van der Waals surface area contributed by atoms with Gasteiger partial charge >= 0.3 is 6.09 Å². The zero-order valence-electron chi connectivity index (χ0n) is 25.5. The van der Waals surface area contributed by atoms with Crippen LogP contribution in [-0.4, -0.2) is 70.8 Å². The molecule has 3 aromatic carbocycles. The molecule has 11 heteroatoms. The van der Waals surface area contributed by atoms with Gasteiger partial charge in [0.25, 0.3) is 5.69 Å². The molecule has 232 valence electrons. The molecule has 44 heavy (non-hydrogen) atoms. The van der Waals surface area contributed by atoms with E-state index in [1.807, 2.05) is 57.2 Å². The molecule has 0 bridgehead atoms. The van der Waals surface area contributed by atoms with Gasteiger partial charge < -0.3 is 24.0 Å². The number of carbonyl (C=O) groups excluding carboxylic acids is 1. The van der Waals surface area contributed by atoms with Gasteiger partial charge in [0.05, 0.1) is 11.5 Å². The fraction of sp³-hybridized carbons (Fsp3) is 0.394. The monoisotopic (exact) mass is 602 g/mol. The summed E-state index contributed by atoms with van der Waals surface area (Å²) in [5, 5.41) is 27.2. The molecular weight excluding hydrogens is 564 g/mol. The molecule has 0 saturated carbocycles. The van der Waals surface area contributed by atoms with Gasteiger partial charge in [-0.2, -0.15) is 0 Å². The van der Waals surface area contributed by atoms with Crippen LogP contribution in [0.5, 0.6) is 5.75 Å². The van der Waals surface area contributed by atoms with E-state index < -0.39 is 11.0 Å². The van der Waals surface area contributed by atoms with E-state index in [0.717, 1.165) is 45.8 Å². The van der Waals surface area contributed by atoms with Gasteiger partial charge in [0.2, 0.25) is 0 Å². The lowest BCUT2D eigenvalue weighted by Gasteiger charge is -2.30. The van der Waals surface area contributed by atoms with Gasteiger partial charge in [0, 0.05) is 78.4 Å². The van der Waals surface area contributed by atoms with Crippen molar-refractivity contribution in [1.82, 2.24) is 9.47 Å². The van der Waals surface area contributed by atoms with Crippen LogP contribution in [0.15, 0.2) is 59.8 Å². The number of fused-ring (bicyclic) bond motifs is 3. The van der Waals surface area contributed by atoms with E-state index in [9.17, 15) is 20.0 Å². The number of likely N-dealkylation sites (tertiary alicyclic amines) is 1. The third kappa shape index (κ3) is 6.39. The number of non-ortho nitro benzene ring substituents is 1. The van der Waals surface area contributed by atoms with Crippen LogP contribution in [0.1, 0.15) is 43.4 Å². The number of carbonyl (C=O) groups is 1. The van der Waals surface area contributed by atoms with Crippen LogP contribution in [0.4, 0.5) is 10.5 Å². The number of nitro groups is 1. The molecule has 5 rings (SSSR count). The predicted octanol–water partition coefficient (Wildman–Crippen LogP) is 6.04. The Morgan fingerprint density at radius 3 is 2.57 bits per heavy atom. The van der Waals surface area contributed by atoms with Crippen molar-refractivity contribution in [3.63, 3.8) is 0 Å². The summed E-state index contributed by atoms with van der Waals surface area (Å²) < 4.78 is 13.3. The second kappa shape index (κ2) is 13.4. The molecule has 2 unspecified atom stereocenters. The van der Waals surface area contributed by atoms with E-state index in [4.69, 9.17) is 14.3 Å². The van der Waals surface area contributed by atoms with Gasteiger partial charge in [0.15, 0.2) is 0 Å². The summed E-state index contributed by atoms with van der Waals surface area (Å²) in [7, 11) is 1.62. The highest BCUT2D eigenvalue weighted by atomic mass is 16.7. The molecule has 1 fully saturated rings. The lowest BCUT2D eigenvalue weighted by atomic mass is 9.96. The van der Waals surface area contributed by atoms with E-state index >= 15 is 0 Å². The third-order valence-corrected chi connectivity index (χ3v) is 8.09. The minimum absolute atomic E-state index is 0.0115. The topological polar surface area (TPSA) is 129 Å². The van der Waals surface area contributed by atoms with Gasteiger partial charge in [-0.15, -0.1) is 0 Å². The van der Waals surface area contributed by atoms with Crippen molar-refractivity contribution in [2.45, 2.75) is 46.3 Å². The number of nitro benzene ring substituents is 1. The van der Waals surface area contributed by atoms with Crippen LogP contribution in [0, 0.1) is 23.0 Å². The van der Waals surface area contributed by atoms with Gasteiger partial charge in [0.1, 0.15) is 17.6 Å². The minimum Gasteiger partial charge on any atom is -0.488 e. The predicted molar refractivity (Wildman–Crippen MR) is 168 cm³/mol. The van der Waals surface area contributed by atoms with Crippen LogP contribution in [0.2, 0.25) is 0 Å². The molecule has 1 aliphatic rings. The Kier molecular flexibility index (Phi) is 9.46. The third-order valence-electron chi connectivity index (χ3n) is 8.09. The quantitative estimate of drug-likeness (QED) is 0.101. The van der Waals surface area contributed by atoms with Crippen molar-refractivity contribution in [2.75, 3.05) is 33.4 Å². The Balaban J connectivity index is 1.59. The Hall–Kier alpha value is -4.48. The number of methoxy groups -OCH3 is 1. The van der Waals surface area contributed by atoms with E-state index in [0.29, 0.717) is 43.3 Å². The summed E-state index contributed by atoms with van der Waals surface area (Å²) in [6.45, 7) is 7.97. The first kappa shape index (κ1) is 31.0. The normalized spacial score (nSPS) is 16.3. The molecule has 1 saturated heterocycles. The number of nitrogens with zero attached hydrogens (tertiary/aromatic N) is 4. The lowest BCUT2D eigenvalue weighted by molar-refractivity contribution is -0.384. The van der Waals surface area contributed by atoms with Crippen LogP contribution < -0.4 is 4.74 Å². The number of piperidine rings is 1. The summed E-state index contributed by atoms with van der Waals surface area (Å²) in [4.78, 5) is 31.4. The number of benzene rings is 3. The maximum Gasteiger partial charge on any atom is 0.436 e. The maximum absolute atomic E-state index is 13.1. The highest BCUT2D eigenvalue weighted by Crippen LogP contribution is 2.33. The summed E-state index contributed by atoms with van der Waals surface area (Å²) in [5.41, 5.74) is 4.54. The van der Waals surface area contributed by atoms with Gasteiger partial charge in [-0.1, -0.05) is 11.2 Å². The van der Waals surface area contributed by atoms with Crippen molar-refractivity contribution in [1.29, 1.82) is 0 Å². The number of rotatable bonds is 10. The molecule has 11 nitrogen and oxygen atoms in total. The summed E-state index contributed by atoms with van der Waals surface area (Å²) in [6.07, 6.45) is 0.915. The van der Waals surface area contributed by atoms with E-state index in [2.05, 4.69) is 9.72 Å². The Labute approximate surface area is 255 Å². The van der Waals surface area contributed by atoms with Gasteiger partial charge in [-0.3, -0.25) is 15.0 Å². The van der Waals surface area contributed by atoms with Crippen molar-refractivity contribution in [3.8, 4) is 5.75 Å². The van der Waals surface area contributed by atoms with Crippen molar-refractivity contribution in [2.24, 2.45) is 11.1 Å². The Bertz CT molecular complexity index is 1710. The second-order valence-electron chi connectivity index (χ2n) is 11.2. The summed E-state index contributed by atoms with van der Waals surface area (Å²) in [5.74, 6) is 0.682. The zero-order valence-corrected chi connectivity index (χ0v) is 25.5. The lowest BCUT2D eigenvalue weighted by Crippen LogP contribution is -2.40. The molecule has 0 aliphatic carbocycles. The van der Waals surface area contributed by atoms with E-state index in [1.165, 1.54) is 6.07 Å². The molecular formula is C33H38N4O7. The second-order valence-corrected chi connectivity index (χ2v) is 11.2. The smallest absolute Gasteiger partial charge is 0.436 e. The molecule has 1 aliphatic heterocycles. The minimum atomic E-state index is -0.578. The molecule has 2 atom stereocenters. The molecule has 0 spiro atoms. The molecule has 1 amide bonds. The largest absolute Gasteiger partial charge is 0.488 e. The first-order valence-electron chi connectivity index (χ1n) is 14.9. The van der Waals surface area contributed by atoms with E-state index in [1.54, 1.807) is 24.1 Å². The fourth-order valence-electron chi connectivity index (χ4n) is 5.95. The van der Waals surface area contributed by atoms with Gasteiger partial charge in [-0.05, 0) is 81.5 Å². The number of ether oxygens (including phenoxy) is 2. The summed E-state index contributed by atoms with van der Waals surface area (Å²) >= 11 is 0. The number of amides is 1. The average molecular weight is 603 g/mol.